The van der Waals surface area contributed by atoms with Gasteiger partial charge in [-0.25, -0.2) is 0 Å². The van der Waals surface area contributed by atoms with Gasteiger partial charge in [-0.15, -0.1) is 0 Å². The molecular weight excluding hydrogens is 361 g/mol. The van der Waals surface area contributed by atoms with E-state index in [4.69, 9.17) is 76.6 Å². The second-order valence-electron chi connectivity index (χ2n) is 1.12. The molecule has 0 aliphatic heterocycles. The van der Waals surface area contributed by atoms with Crippen LogP contribution in [-0.4, -0.2) is 25.4 Å². The summed E-state index contributed by atoms with van der Waals surface area (Å²) in [5.41, 5.74) is 0. The second-order valence-corrected chi connectivity index (χ2v) is 1.12. The van der Waals surface area contributed by atoms with Crippen molar-refractivity contribution in [3.8, 4) is 0 Å². The first-order valence-electron chi connectivity index (χ1n) is 2.74. The molecule has 120 valence electrons. The molecule has 0 aliphatic rings. The van der Waals surface area contributed by atoms with Crippen molar-refractivity contribution in [2.45, 2.75) is 0 Å². The zero-order valence-electron chi connectivity index (χ0n) is 9.86. The minimum atomic E-state index is -1.75. The van der Waals surface area contributed by atoms with Crippen molar-refractivity contribution < 1.29 is 76.8 Å². The quantitative estimate of drug-likeness (QED) is 0.224. The van der Waals surface area contributed by atoms with Crippen LogP contribution in [0.15, 0.2) is 0 Å². The van der Waals surface area contributed by atoms with Crippen molar-refractivity contribution >= 4 is 0 Å². The first-order valence-corrected chi connectivity index (χ1v) is 2.74. The summed E-state index contributed by atoms with van der Waals surface area (Å²) in [7, 11) is 0. The van der Waals surface area contributed by atoms with Crippen LogP contribution in [0.5, 0.6) is 0 Å². The normalized spacial score (nSPS) is 5.45. The van der Waals surface area contributed by atoms with E-state index in [2.05, 4.69) is 0 Å². The molecular formula is CKN5O15. The van der Waals surface area contributed by atoms with Gasteiger partial charge in [0.2, 0.25) is 0 Å². The third kappa shape index (κ3) is 874. The molecule has 0 aromatic carbocycles. The Bertz CT molecular complexity index is 213. The molecule has 0 fully saturated rings. The maximum absolute atomic E-state index is 8.25. The molecule has 0 unspecified atom stereocenters. The summed E-state index contributed by atoms with van der Waals surface area (Å²) in [6.07, 6.45) is 0. The number of hydrogen-bond acceptors (Lipinski definition) is 15. The molecule has 0 saturated carbocycles. The van der Waals surface area contributed by atoms with Crippen molar-refractivity contribution in [2.75, 3.05) is 0 Å². The Morgan fingerprint density at radius 1 is 0.364 bits per heavy atom. The topological polar surface area (TPSA) is 331 Å². The molecule has 0 aromatic heterocycles. The SMILES string of the molecule is O=[N+]([O-])[O-].O=[N+]([O-])[O-].O=[N+]([O-])[O-].O=[N+]([O-])[O-].O=[N+]([O-])[O-].[C+4].[K+]. The van der Waals surface area contributed by atoms with Gasteiger partial charge in [0, 0.05) is 0 Å². The molecule has 0 bridgehead atoms. The maximum Gasteiger partial charge on any atom is 4.00 e. The Labute approximate surface area is 160 Å². The van der Waals surface area contributed by atoms with Crippen LogP contribution in [0, 0.1) is 84.0 Å². The Morgan fingerprint density at radius 2 is 0.364 bits per heavy atom. The van der Waals surface area contributed by atoms with Crippen LogP contribution in [0.25, 0.3) is 0 Å². The predicted molar refractivity (Wildman–Crippen MR) is 55.0 cm³/mol. The Hall–Kier alpha value is -2.36. The molecule has 0 saturated heterocycles. The minimum absolute atomic E-state index is 0. The van der Waals surface area contributed by atoms with Gasteiger partial charge in [-0.1, -0.05) is 0 Å². The van der Waals surface area contributed by atoms with Gasteiger partial charge in [-0.05, 0) is 0 Å². The van der Waals surface area contributed by atoms with E-state index in [9.17, 15) is 0 Å². The third-order valence-electron chi connectivity index (χ3n) is 0. The van der Waals surface area contributed by atoms with E-state index in [0.717, 1.165) is 0 Å². The molecule has 0 aromatic rings. The predicted octanol–water partition coefficient (Wildman–Crippen LogP) is -4.11. The molecule has 0 spiro atoms. The van der Waals surface area contributed by atoms with Crippen LogP contribution in [0.4, 0.5) is 0 Å². The van der Waals surface area contributed by atoms with Crippen molar-refractivity contribution in [1.29, 1.82) is 0 Å². The summed E-state index contributed by atoms with van der Waals surface area (Å²) in [5, 5.41) is 73.8. The average molecular weight is 361 g/mol. The molecule has 20 nitrogen and oxygen atoms in total. The van der Waals surface area contributed by atoms with E-state index in [1.807, 2.05) is 0 Å². The van der Waals surface area contributed by atoms with Crippen LogP contribution in [0.2, 0.25) is 0 Å². The van der Waals surface area contributed by atoms with E-state index in [1.54, 1.807) is 0 Å². The summed E-state index contributed by atoms with van der Waals surface area (Å²) < 4.78 is 0. The zero-order chi connectivity index (χ0) is 17.9. The monoisotopic (exact) mass is 361 g/mol. The van der Waals surface area contributed by atoms with Crippen molar-refractivity contribution in [3.63, 3.8) is 0 Å². The van der Waals surface area contributed by atoms with Gasteiger partial charge in [-0.3, -0.25) is 0 Å². The maximum atomic E-state index is 8.25. The van der Waals surface area contributed by atoms with E-state index in [0.29, 0.717) is 0 Å². The molecule has 22 heavy (non-hydrogen) atoms. The van der Waals surface area contributed by atoms with Gasteiger partial charge in [0.25, 0.3) is 0 Å². The molecule has 0 N–H and O–H groups in total. The summed E-state index contributed by atoms with van der Waals surface area (Å²) in [5.74, 6) is 0. The molecule has 0 atom stereocenters. The number of rotatable bonds is 0. The van der Waals surface area contributed by atoms with Gasteiger partial charge in [0.05, 0.1) is 25.4 Å². The number of hydrogen-bond donors (Lipinski definition) is 0. The van der Waals surface area contributed by atoms with E-state index >= 15 is 0 Å². The van der Waals surface area contributed by atoms with Gasteiger partial charge in [-0.2, -0.15) is 0 Å². The third-order valence-corrected chi connectivity index (χ3v) is 0. The molecule has 0 rings (SSSR count). The Morgan fingerprint density at radius 3 is 0.364 bits per heavy atom. The van der Waals surface area contributed by atoms with Gasteiger partial charge < -0.3 is 76.6 Å². The van der Waals surface area contributed by atoms with Crippen LogP contribution in [0.1, 0.15) is 0 Å². The van der Waals surface area contributed by atoms with Crippen molar-refractivity contribution in [1.82, 2.24) is 0 Å². The van der Waals surface area contributed by atoms with Crippen LogP contribution >= 0.6 is 0 Å². The molecule has 0 heterocycles. The van der Waals surface area contributed by atoms with Gasteiger partial charge >= 0.3 is 58.8 Å². The fourth-order valence-electron chi connectivity index (χ4n) is 0. The van der Waals surface area contributed by atoms with Crippen LogP contribution in [-0.2, 0) is 0 Å². The molecule has 0 amide bonds. The van der Waals surface area contributed by atoms with E-state index < -0.39 is 25.4 Å². The summed E-state index contributed by atoms with van der Waals surface area (Å²) in [4.78, 5) is 41.2. The Kier molecular flexibility index (Phi) is 70.5. The first kappa shape index (κ1) is 42.7. The van der Waals surface area contributed by atoms with Gasteiger partial charge in [0.15, 0.2) is 0 Å². The summed E-state index contributed by atoms with van der Waals surface area (Å²) >= 11 is 0. The zero-order valence-corrected chi connectivity index (χ0v) is 13.0. The van der Waals surface area contributed by atoms with E-state index in [-0.39, 0.29) is 58.8 Å². The summed E-state index contributed by atoms with van der Waals surface area (Å²) in [6.45, 7) is 0. The standard InChI is InChI=1S/C.K.5NO3/c;;5*2-1(3)4/q+4;+1;5*-1. The van der Waals surface area contributed by atoms with E-state index in [1.165, 1.54) is 0 Å². The van der Waals surface area contributed by atoms with Crippen molar-refractivity contribution in [3.05, 3.63) is 84.0 Å². The second kappa shape index (κ2) is 36.3. The van der Waals surface area contributed by atoms with Crippen molar-refractivity contribution in [2.24, 2.45) is 0 Å². The molecule has 0 radical (unpaired) electrons. The summed E-state index contributed by atoms with van der Waals surface area (Å²) in [6, 6.07) is 0. The fourth-order valence-corrected chi connectivity index (χ4v) is 0. The largest absolute Gasteiger partial charge is 4.00 e. The molecule has 21 heteroatoms. The minimum Gasteiger partial charge on any atom is -0.356 e. The molecule has 0 aliphatic carbocycles. The first-order chi connectivity index (χ1) is 8.66. The smallest absolute Gasteiger partial charge is 0.356 e. The number of nitrogens with zero attached hydrogens (tertiary/aromatic N) is 5. The fraction of sp³-hybridized carbons (Fsp3) is 0. The van der Waals surface area contributed by atoms with Crippen LogP contribution < -0.4 is 51.4 Å². The average Bonchev–Trinajstić information content (AvgIpc) is 1.94. The van der Waals surface area contributed by atoms with Gasteiger partial charge in [0.1, 0.15) is 0 Å². The Balaban J connectivity index is -0.0000000250. The van der Waals surface area contributed by atoms with Crippen LogP contribution in [0.3, 0.4) is 0 Å².